The minimum Gasteiger partial charge on any atom is -0.493 e. The Morgan fingerprint density at radius 1 is 0.944 bits per heavy atom. The summed E-state index contributed by atoms with van der Waals surface area (Å²) in [5, 5.41) is 6.83. The Morgan fingerprint density at radius 3 is 2.33 bits per heavy atom. The number of carbonyl (C=O) groups is 1. The van der Waals surface area contributed by atoms with Crippen molar-refractivity contribution >= 4 is 36.4 Å². The molecule has 7 nitrogen and oxygen atoms in total. The highest BCUT2D eigenvalue weighted by atomic mass is 35.5. The number of hydrazone groups is 1. The Labute approximate surface area is 225 Å². The maximum absolute atomic E-state index is 13.5. The molecule has 194 valence electrons. The van der Waals surface area contributed by atoms with Gasteiger partial charge in [-0.3, -0.25) is 14.7 Å². The molecule has 1 amide bonds. The van der Waals surface area contributed by atoms with Gasteiger partial charge < -0.3 is 9.47 Å². The van der Waals surface area contributed by atoms with Crippen LogP contribution in [0.15, 0.2) is 59.8 Å². The highest BCUT2D eigenvalue weighted by Crippen LogP contribution is 2.38. The summed E-state index contributed by atoms with van der Waals surface area (Å²) in [6.45, 7) is 2.71. The molecule has 3 heterocycles. The number of nitrogens with zero attached hydrogens (tertiary/aromatic N) is 4. The van der Waals surface area contributed by atoms with Crippen LogP contribution >= 0.6 is 24.8 Å². The Bertz CT molecular complexity index is 1090. The van der Waals surface area contributed by atoms with Gasteiger partial charge in [0.2, 0.25) is 5.91 Å². The number of ether oxygens (including phenoxy) is 2. The van der Waals surface area contributed by atoms with E-state index in [1.807, 2.05) is 41.5 Å². The molecule has 0 N–H and O–H groups in total. The summed E-state index contributed by atoms with van der Waals surface area (Å²) in [7, 11) is 3.28. The molecule has 0 unspecified atom stereocenters. The first-order valence-electron chi connectivity index (χ1n) is 12.1. The SMILES string of the molecule is COc1ccc(C2=NN(C3CCN(Cc4ccccn4)CC3)C(=O)[C@@H]3CC=CC[C@H]23)cc1OC.Cl.Cl. The van der Waals surface area contributed by atoms with E-state index in [0.717, 1.165) is 62.3 Å². The minimum atomic E-state index is -0.0582. The molecule has 1 fully saturated rings. The standard InChI is InChI=1S/C27H32N4O3.2ClH/c1-33-24-11-10-19(17-25(24)34-2)26-22-8-3-4-9-23(22)27(32)31(29-26)21-12-15-30(16-13-21)18-20-7-5-6-14-28-20;;/h3-7,10-11,14,17,21-23H,8-9,12-13,15-16,18H2,1-2H3;2*1H/t22-,23+;;/m0../s1. The van der Waals surface area contributed by atoms with Gasteiger partial charge in [0.25, 0.3) is 0 Å². The summed E-state index contributed by atoms with van der Waals surface area (Å²) >= 11 is 0. The molecule has 1 saturated heterocycles. The van der Waals surface area contributed by atoms with E-state index in [9.17, 15) is 4.79 Å². The number of pyridine rings is 1. The van der Waals surface area contributed by atoms with Crippen LogP contribution in [0, 0.1) is 11.8 Å². The average molecular weight is 534 g/mol. The highest BCUT2D eigenvalue weighted by molar-refractivity contribution is 6.07. The smallest absolute Gasteiger partial charge is 0.247 e. The summed E-state index contributed by atoms with van der Waals surface area (Å²) in [5.41, 5.74) is 3.06. The topological polar surface area (TPSA) is 67.3 Å². The van der Waals surface area contributed by atoms with Gasteiger partial charge in [-0.1, -0.05) is 18.2 Å². The van der Waals surface area contributed by atoms with Gasteiger partial charge >= 0.3 is 0 Å². The average Bonchev–Trinajstić information content (AvgIpc) is 2.90. The molecule has 0 radical (unpaired) electrons. The molecule has 3 aliphatic rings. The van der Waals surface area contributed by atoms with Crippen molar-refractivity contribution < 1.29 is 14.3 Å². The van der Waals surface area contributed by atoms with Crippen LogP contribution < -0.4 is 9.47 Å². The fourth-order valence-corrected chi connectivity index (χ4v) is 5.37. The molecular weight excluding hydrogens is 499 g/mol. The lowest BCUT2D eigenvalue weighted by molar-refractivity contribution is -0.141. The van der Waals surface area contributed by atoms with E-state index in [0.29, 0.717) is 11.5 Å². The second-order valence-electron chi connectivity index (χ2n) is 9.22. The van der Waals surface area contributed by atoms with E-state index in [2.05, 4.69) is 28.1 Å². The molecule has 2 aliphatic heterocycles. The van der Waals surface area contributed by atoms with Gasteiger partial charge in [-0.2, -0.15) is 5.10 Å². The predicted octanol–water partition coefficient (Wildman–Crippen LogP) is 4.74. The summed E-state index contributed by atoms with van der Waals surface area (Å²) in [6.07, 6.45) is 9.59. The van der Waals surface area contributed by atoms with Crippen LogP contribution in [0.1, 0.15) is 36.9 Å². The lowest BCUT2D eigenvalue weighted by atomic mass is 9.76. The molecule has 1 aromatic carbocycles. The Morgan fingerprint density at radius 2 is 1.67 bits per heavy atom. The van der Waals surface area contributed by atoms with Crippen LogP contribution in [0.4, 0.5) is 0 Å². The van der Waals surface area contributed by atoms with Crippen LogP contribution in [0.25, 0.3) is 0 Å². The number of methoxy groups -OCH3 is 2. The summed E-state index contributed by atoms with van der Waals surface area (Å²) in [4.78, 5) is 20.4. The van der Waals surface area contributed by atoms with Gasteiger partial charge in [0.1, 0.15) is 0 Å². The lowest BCUT2D eigenvalue weighted by Crippen LogP contribution is -2.52. The second-order valence-corrected chi connectivity index (χ2v) is 9.22. The van der Waals surface area contributed by atoms with Gasteiger partial charge in [0.15, 0.2) is 11.5 Å². The normalized spacial score (nSPS) is 22.1. The zero-order valence-electron chi connectivity index (χ0n) is 20.7. The van der Waals surface area contributed by atoms with E-state index < -0.39 is 0 Å². The monoisotopic (exact) mass is 532 g/mol. The van der Waals surface area contributed by atoms with Gasteiger partial charge in [-0.25, -0.2) is 5.01 Å². The van der Waals surface area contributed by atoms with Crippen molar-refractivity contribution in [2.75, 3.05) is 27.3 Å². The van der Waals surface area contributed by atoms with Gasteiger partial charge in [-0.05, 0) is 56.0 Å². The van der Waals surface area contributed by atoms with Gasteiger partial charge in [0.05, 0.1) is 37.6 Å². The van der Waals surface area contributed by atoms with Crippen molar-refractivity contribution in [2.24, 2.45) is 16.9 Å². The number of benzene rings is 1. The number of fused-ring (bicyclic) bond motifs is 1. The third kappa shape index (κ3) is 5.69. The van der Waals surface area contributed by atoms with Crippen LogP contribution in [-0.4, -0.2) is 59.9 Å². The number of piperidine rings is 1. The Balaban J connectivity index is 0.00000180. The van der Waals surface area contributed by atoms with E-state index in [-0.39, 0.29) is 48.6 Å². The maximum atomic E-state index is 13.5. The van der Waals surface area contributed by atoms with E-state index >= 15 is 0 Å². The third-order valence-electron chi connectivity index (χ3n) is 7.24. The molecule has 0 bridgehead atoms. The number of amides is 1. The fourth-order valence-electron chi connectivity index (χ4n) is 5.37. The Hall–Kier alpha value is -2.61. The second kappa shape index (κ2) is 12.6. The number of halogens is 2. The third-order valence-corrected chi connectivity index (χ3v) is 7.24. The van der Waals surface area contributed by atoms with Crippen LogP contribution in [-0.2, 0) is 11.3 Å². The van der Waals surface area contributed by atoms with Gasteiger partial charge in [-0.15, -0.1) is 24.8 Å². The highest BCUT2D eigenvalue weighted by Gasteiger charge is 2.42. The van der Waals surface area contributed by atoms with Crippen LogP contribution in [0.5, 0.6) is 11.5 Å². The summed E-state index contributed by atoms with van der Waals surface area (Å²) < 4.78 is 11.0. The summed E-state index contributed by atoms with van der Waals surface area (Å²) in [6, 6.07) is 12.1. The number of allylic oxidation sites excluding steroid dienone is 2. The minimum absolute atomic E-state index is 0. The zero-order valence-corrected chi connectivity index (χ0v) is 22.3. The quantitative estimate of drug-likeness (QED) is 0.502. The zero-order chi connectivity index (χ0) is 23.5. The van der Waals surface area contributed by atoms with Crippen molar-refractivity contribution in [3.05, 3.63) is 66.0 Å². The van der Waals surface area contributed by atoms with Crippen molar-refractivity contribution in [1.82, 2.24) is 14.9 Å². The molecule has 9 heteroatoms. The lowest BCUT2D eigenvalue weighted by Gasteiger charge is -2.42. The molecule has 1 aromatic heterocycles. The molecular formula is C27H34Cl2N4O3. The molecule has 2 aromatic rings. The molecule has 2 atom stereocenters. The fraction of sp³-hybridized carbons (Fsp3) is 0.444. The van der Waals surface area contributed by atoms with Gasteiger partial charge in [0, 0.05) is 37.3 Å². The number of likely N-dealkylation sites (tertiary alicyclic amines) is 1. The van der Waals surface area contributed by atoms with Crippen LogP contribution in [0.3, 0.4) is 0 Å². The Kier molecular flexibility index (Phi) is 9.77. The van der Waals surface area contributed by atoms with Crippen molar-refractivity contribution in [3.8, 4) is 11.5 Å². The first kappa shape index (κ1) is 28.0. The first-order valence-corrected chi connectivity index (χ1v) is 12.1. The molecule has 0 spiro atoms. The molecule has 36 heavy (non-hydrogen) atoms. The maximum Gasteiger partial charge on any atom is 0.247 e. The predicted molar refractivity (Wildman–Crippen MR) is 145 cm³/mol. The first-order chi connectivity index (χ1) is 16.7. The van der Waals surface area contributed by atoms with E-state index in [4.69, 9.17) is 14.6 Å². The number of hydrogen-bond donors (Lipinski definition) is 0. The number of rotatable bonds is 6. The van der Waals surface area contributed by atoms with Crippen molar-refractivity contribution in [2.45, 2.75) is 38.3 Å². The molecule has 0 saturated carbocycles. The molecule has 5 rings (SSSR count). The number of carbonyl (C=O) groups excluding carboxylic acids is 1. The summed E-state index contributed by atoms with van der Waals surface area (Å²) in [5.74, 6) is 1.57. The van der Waals surface area contributed by atoms with Crippen molar-refractivity contribution in [3.63, 3.8) is 0 Å². The van der Waals surface area contributed by atoms with Crippen molar-refractivity contribution in [1.29, 1.82) is 0 Å². The molecule has 1 aliphatic carbocycles. The largest absolute Gasteiger partial charge is 0.493 e. The number of aromatic nitrogens is 1. The van der Waals surface area contributed by atoms with E-state index in [1.165, 1.54) is 0 Å². The van der Waals surface area contributed by atoms with E-state index in [1.54, 1.807) is 14.2 Å². The number of hydrogen-bond acceptors (Lipinski definition) is 6. The van der Waals surface area contributed by atoms with Crippen LogP contribution in [0.2, 0.25) is 0 Å².